The van der Waals surface area contributed by atoms with Crippen molar-refractivity contribution in [1.29, 1.82) is 0 Å². The molecule has 2 amide bonds. The molecule has 24 heavy (non-hydrogen) atoms. The minimum Gasteiger partial charge on any atom is -0.381 e. The Balaban J connectivity index is 1.77. The molecule has 1 spiro atoms. The molecule has 3 aliphatic heterocycles. The molecule has 0 radical (unpaired) electrons. The van der Waals surface area contributed by atoms with Crippen LogP contribution in [-0.4, -0.2) is 110 Å². The fourth-order valence-electron chi connectivity index (χ4n) is 4.23. The van der Waals surface area contributed by atoms with Crippen LogP contribution in [0.15, 0.2) is 0 Å². The first-order valence-electron chi connectivity index (χ1n) is 8.96. The quantitative estimate of drug-likeness (QED) is 0.693. The van der Waals surface area contributed by atoms with E-state index in [1.54, 1.807) is 19.0 Å². The summed E-state index contributed by atoms with van der Waals surface area (Å²) >= 11 is 0. The second-order valence-corrected chi connectivity index (χ2v) is 7.53. The van der Waals surface area contributed by atoms with Crippen molar-refractivity contribution in [1.82, 2.24) is 19.6 Å². The summed E-state index contributed by atoms with van der Waals surface area (Å²) in [6.45, 7) is 5.07. The molecule has 0 aliphatic carbocycles. The number of likely N-dealkylation sites (tertiary alicyclic amines) is 1. The summed E-state index contributed by atoms with van der Waals surface area (Å²) < 4.78 is 5.47. The Morgan fingerprint density at radius 2 is 1.96 bits per heavy atom. The van der Waals surface area contributed by atoms with E-state index in [9.17, 15) is 9.59 Å². The molecular formula is C17H30N4O3. The van der Waals surface area contributed by atoms with Gasteiger partial charge in [-0.3, -0.25) is 19.4 Å². The third-order valence-corrected chi connectivity index (χ3v) is 5.86. The molecule has 3 fully saturated rings. The molecule has 7 heteroatoms. The SMILES string of the molecule is CN(C)C(=O)CN1CCN(C)C(=O)[C@]12CCN(C1CCOCC1)C2. The van der Waals surface area contributed by atoms with Crippen LogP contribution in [0.1, 0.15) is 19.3 Å². The summed E-state index contributed by atoms with van der Waals surface area (Å²) in [6.07, 6.45) is 2.89. The van der Waals surface area contributed by atoms with Crippen LogP contribution in [0.3, 0.4) is 0 Å². The summed E-state index contributed by atoms with van der Waals surface area (Å²) in [5.74, 6) is 0.242. The third-order valence-electron chi connectivity index (χ3n) is 5.86. The van der Waals surface area contributed by atoms with Crippen LogP contribution in [0, 0.1) is 0 Å². The predicted molar refractivity (Wildman–Crippen MR) is 90.7 cm³/mol. The standard InChI is InChI=1S/C17H30N4O3/c1-18(2)15(22)12-21-9-8-19(3)16(23)17(21)6-7-20(13-17)14-4-10-24-11-5-14/h14H,4-13H2,1-3H3/t17-/m1/s1. The number of piperazine rings is 1. The molecule has 0 bridgehead atoms. The van der Waals surface area contributed by atoms with Crippen molar-refractivity contribution in [3.8, 4) is 0 Å². The van der Waals surface area contributed by atoms with E-state index in [0.717, 1.165) is 52.1 Å². The van der Waals surface area contributed by atoms with E-state index >= 15 is 0 Å². The van der Waals surface area contributed by atoms with Gasteiger partial charge in [0.2, 0.25) is 11.8 Å². The van der Waals surface area contributed by atoms with Crippen molar-refractivity contribution >= 4 is 11.8 Å². The third kappa shape index (κ3) is 3.17. The lowest BCUT2D eigenvalue weighted by molar-refractivity contribution is -0.151. The van der Waals surface area contributed by atoms with Gasteiger partial charge in [-0.1, -0.05) is 0 Å². The summed E-state index contributed by atoms with van der Waals surface area (Å²) in [5.41, 5.74) is -0.531. The Bertz CT molecular complexity index is 492. The van der Waals surface area contributed by atoms with E-state index in [4.69, 9.17) is 4.74 Å². The Hall–Kier alpha value is -1.18. The summed E-state index contributed by atoms with van der Waals surface area (Å²) in [7, 11) is 5.43. The van der Waals surface area contributed by atoms with E-state index < -0.39 is 5.54 Å². The number of hydrogen-bond acceptors (Lipinski definition) is 5. The molecule has 0 aromatic rings. The van der Waals surface area contributed by atoms with Crippen LogP contribution < -0.4 is 0 Å². The summed E-state index contributed by atoms with van der Waals surface area (Å²) in [5, 5.41) is 0. The van der Waals surface area contributed by atoms with E-state index in [2.05, 4.69) is 9.80 Å². The highest BCUT2D eigenvalue weighted by molar-refractivity contribution is 5.89. The van der Waals surface area contributed by atoms with Gasteiger partial charge >= 0.3 is 0 Å². The topological polar surface area (TPSA) is 56.3 Å². The number of carbonyl (C=O) groups excluding carboxylic acids is 2. The van der Waals surface area contributed by atoms with E-state index in [0.29, 0.717) is 19.1 Å². The maximum Gasteiger partial charge on any atom is 0.244 e. The number of likely N-dealkylation sites (N-methyl/N-ethyl adjacent to an activating group) is 2. The fourth-order valence-corrected chi connectivity index (χ4v) is 4.23. The van der Waals surface area contributed by atoms with E-state index in [-0.39, 0.29) is 11.8 Å². The lowest BCUT2D eigenvalue weighted by Crippen LogP contribution is -2.67. The molecule has 0 saturated carbocycles. The predicted octanol–water partition coefficient (Wildman–Crippen LogP) is -0.528. The molecule has 3 aliphatic rings. The van der Waals surface area contributed by atoms with Gasteiger partial charge in [0.15, 0.2) is 0 Å². The van der Waals surface area contributed by atoms with Crippen molar-refractivity contribution in [2.75, 3.05) is 67.1 Å². The molecule has 0 aromatic heterocycles. The smallest absolute Gasteiger partial charge is 0.244 e. The van der Waals surface area contributed by atoms with Gasteiger partial charge in [0.1, 0.15) is 5.54 Å². The van der Waals surface area contributed by atoms with Gasteiger partial charge in [-0.2, -0.15) is 0 Å². The van der Waals surface area contributed by atoms with E-state index in [1.807, 2.05) is 11.9 Å². The average molecular weight is 338 g/mol. The van der Waals surface area contributed by atoms with Gasteiger partial charge in [-0.05, 0) is 19.3 Å². The number of amides is 2. The van der Waals surface area contributed by atoms with Crippen molar-refractivity contribution in [3.05, 3.63) is 0 Å². The average Bonchev–Trinajstić information content (AvgIpc) is 3.02. The molecule has 0 N–H and O–H groups in total. The minimum atomic E-state index is -0.531. The van der Waals surface area contributed by atoms with Crippen LogP contribution in [0.5, 0.6) is 0 Å². The number of carbonyl (C=O) groups is 2. The zero-order chi connectivity index (χ0) is 17.3. The summed E-state index contributed by atoms with van der Waals surface area (Å²) in [6, 6.07) is 0.504. The molecule has 136 valence electrons. The molecule has 7 nitrogen and oxygen atoms in total. The molecule has 3 saturated heterocycles. The maximum absolute atomic E-state index is 13.0. The van der Waals surface area contributed by atoms with Crippen LogP contribution in [0.4, 0.5) is 0 Å². The molecule has 1 atom stereocenters. The first kappa shape index (κ1) is 17.6. The Morgan fingerprint density at radius 3 is 2.62 bits per heavy atom. The number of hydrogen-bond donors (Lipinski definition) is 0. The first-order chi connectivity index (χ1) is 11.4. The van der Waals surface area contributed by atoms with Gasteiger partial charge in [0, 0.05) is 66.6 Å². The highest BCUT2D eigenvalue weighted by Crippen LogP contribution is 2.35. The van der Waals surface area contributed by atoms with Crippen molar-refractivity contribution in [2.45, 2.75) is 30.8 Å². The molecular weight excluding hydrogens is 308 g/mol. The highest BCUT2D eigenvalue weighted by Gasteiger charge is 2.53. The van der Waals surface area contributed by atoms with Crippen molar-refractivity contribution in [3.63, 3.8) is 0 Å². The lowest BCUT2D eigenvalue weighted by Gasteiger charge is -2.47. The van der Waals surface area contributed by atoms with Gasteiger partial charge < -0.3 is 14.5 Å². The van der Waals surface area contributed by atoms with Crippen molar-refractivity contribution in [2.24, 2.45) is 0 Å². The second-order valence-electron chi connectivity index (χ2n) is 7.53. The number of nitrogens with zero attached hydrogens (tertiary/aromatic N) is 4. The second kappa shape index (κ2) is 6.98. The zero-order valence-electron chi connectivity index (χ0n) is 15.2. The Kier molecular flexibility index (Phi) is 5.13. The minimum absolute atomic E-state index is 0.0660. The first-order valence-corrected chi connectivity index (χ1v) is 8.96. The Labute approximate surface area is 144 Å². The van der Waals surface area contributed by atoms with Gasteiger partial charge in [0.05, 0.1) is 6.54 Å². The number of ether oxygens (including phenoxy) is 1. The zero-order valence-corrected chi connectivity index (χ0v) is 15.2. The van der Waals surface area contributed by atoms with Gasteiger partial charge in [-0.25, -0.2) is 0 Å². The van der Waals surface area contributed by atoms with Crippen LogP contribution in [-0.2, 0) is 14.3 Å². The molecule has 3 heterocycles. The van der Waals surface area contributed by atoms with E-state index in [1.165, 1.54) is 0 Å². The lowest BCUT2D eigenvalue weighted by atomic mass is 9.91. The maximum atomic E-state index is 13.0. The summed E-state index contributed by atoms with van der Waals surface area (Å²) in [4.78, 5) is 33.3. The monoisotopic (exact) mass is 338 g/mol. The fraction of sp³-hybridized carbons (Fsp3) is 0.882. The molecule has 0 unspecified atom stereocenters. The largest absolute Gasteiger partial charge is 0.381 e. The highest BCUT2D eigenvalue weighted by atomic mass is 16.5. The van der Waals surface area contributed by atoms with Crippen LogP contribution in [0.25, 0.3) is 0 Å². The molecule has 0 aromatic carbocycles. The van der Waals surface area contributed by atoms with Crippen LogP contribution >= 0.6 is 0 Å². The normalized spacial score (nSPS) is 30.3. The molecule has 3 rings (SSSR count). The number of rotatable bonds is 3. The van der Waals surface area contributed by atoms with Crippen molar-refractivity contribution < 1.29 is 14.3 Å². The van der Waals surface area contributed by atoms with Gasteiger partial charge in [-0.15, -0.1) is 0 Å². The van der Waals surface area contributed by atoms with Gasteiger partial charge in [0.25, 0.3) is 0 Å². The Morgan fingerprint density at radius 1 is 1.25 bits per heavy atom. The van der Waals surface area contributed by atoms with Crippen LogP contribution in [0.2, 0.25) is 0 Å².